The molecule has 4 nitrogen and oxygen atoms in total. The van der Waals surface area contributed by atoms with E-state index >= 15 is 0 Å². The maximum Gasteiger partial charge on any atom is 0.405 e. The third-order valence-electron chi connectivity index (χ3n) is 5.01. The lowest BCUT2D eigenvalue weighted by Crippen LogP contribution is -2.25. The van der Waals surface area contributed by atoms with Crippen LogP contribution in [0.25, 0.3) is 11.1 Å². The molecule has 0 saturated carbocycles. The topological polar surface area (TPSA) is 61.6 Å². The standard InChI is InChI=1S/C22H26FNO3/c1-4-5-9-26-16-8-6-7-14(10-16)17-11-15-13-22(2,3)20(27-21(24)25)18(15)12-19(17)23/h6-8,10-12,20H,4-5,9,13H2,1-3H3,(H2,24,25)/t20-/m0/s1. The Morgan fingerprint density at radius 1 is 1.30 bits per heavy atom. The van der Waals surface area contributed by atoms with Crippen molar-refractivity contribution in [3.63, 3.8) is 0 Å². The van der Waals surface area contributed by atoms with Crippen LogP contribution < -0.4 is 10.5 Å². The highest BCUT2D eigenvalue weighted by molar-refractivity contribution is 5.69. The van der Waals surface area contributed by atoms with E-state index in [0.717, 1.165) is 29.7 Å². The third-order valence-corrected chi connectivity index (χ3v) is 5.01. The molecule has 0 aliphatic heterocycles. The Morgan fingerprint density at radius 3 is 2.78 bits per heavy atom. The van der Waals surface area contributed by atoms with Gasteiger partial charge in [0.1, 0.15) is 17.7 Å². The molecule has 0 saturated heterocycles. The van der Waals surface area contributed by atoms with E-state index in [0.29, 0.717) is 24.2 Å². The summed E-state index contributed by atoms with van der Waals surface area (Å²) >= 11 is 0. The number of unbranched alkanes of at least 4 members (excludes halogenated alkanes) is 1. The fraction of sp³-hybridized carbons (Fsp3) is 0.409. The van der Waals surface area contributed by atoms with Crippen LogP contribution in [0.4, 0.5) is 9.18 Å². The van der Waals surface area contributed by atoms with Crippen LogP contribution in [0.3, 0.4) is 0 Å². The molecule has 0 radical (unpaired) electrons. The van der Waals surface area contributed by atoms with E-state index in [1.54, 1.807) is 0 Å². The molecule has 0 spiro atoms. The van der Waals surface area contributed by atoms with Gasteiger partial charge in [-0.15, -0.1) is 0 Å². The van der Waals surface area contributed by atoms with E-state index in [4.69, 9.17) is 15.2 Å². The highest BCUT2D eigenvalue weighted by Crippen LogP contribution is 2.49. The number of ether oxygens (including phenoxy) is 2. The van der Waals surface area contributed by atoms with Gasteiger partial charge in [-0.3, -0.25) is 0 Å². The van der Waals surface area contributed by atoms with Gasteiger partial charge < -0.3 is 15.2 Å². The summed E-state index contributed by atoms with van der Waals surface area (Å²) in [4.78, 5) is 11.3. The van der Waals surface area contributed by atoms with Gasteiger partial charge in [-0.05, 0) is 53.8 Å². The Kier molecular flexibility index (Phi) is 5.40. The zero-order chi connectivity index (χ0) is 19.6. The Labute approximate surface area is 159 Å². The van der Waals surface area contributed by atoms with Crippen LogP contribution in [0.15, 0.2) is 36.4 Å². The van der Waals surface area contributed by atoms with Crippen molar-refractivity contribution in [2.75, 3.05) is 6.61 Å². The van der Waals surface area contributed by atoms with Gasteiger partial charge in [-0.1, -0.05) is 39.3 Å². The van der Waals surface area contributed by atoms with E-state index in [1.165, 1.54) is 6.07 Å². The number of hydrogen-bond donors (Lipinski definition) is 1. The number of carbonyl (C=O) groups excluding carboxylic acids is 1. The number of hydrogen-bond acceptors (Lipinski definition) is 3. The summed E-state index contributed by atoms with van der Waals surface area (Å²) in [6.45, 7) is 6.73. The summed E-state index contributed by atoms with van der Waals surface area (Å²) in [6, 6.07) is 10.8. The lowest BCUT2D eigenvalue weighted by atomic mass is 9.87. The Balaban J connectivity index is 1.94. The van der Waals surface area contributed by atoms with E-state index in [2.05, 4.69) is 6.92 Å². The molecule has 2 N–H and O–H groups in total. The molecule has 0 aromatic heterocycles. The van der Waals surface area contributed by atoms with E-state index in [9.17, 15) is 9.18 Å². The summed E-state index contributed by atoms with van der Waals surface area (Å²) in [5.74, 6) is 0.381. The maximum absolute atomic E-state index is 14.9. The molecule has 2 aromatic carbocycles. The molecule has 0 bridgehead atoms. The van der Waals surface area contributed by atoms with Crippen molar-refractivity contribution < 1.29 is 18.7 Å². The number of rotatable bonds is 6. The molecule has 1 atom stereocenters. The van der Waals surface area contributed by atoms with Crippen molar-refractivity contribution in [1.29, 1.82) is 0 Å². The van der Waals surface area contributed by atoms with Crippen molar-refractivity contribution in [3.8, 4) is 16.9 Å². The largest absolute Gasteiger partial charge is 0.494 e. The Morgan fingerprint density at radius 2 is 2.07 bits per heavy atom. The number of amides is 1. The molecule has 0 fully saturated rings. The van der Waals surface area contributed by atoms with Crippen LogP contribution in [0.1, 0.15) is 50.8 Å². The van der Waals surface area contributed by atoms with Gasteiger partial charge in [0.2, 0.25) is 0 Å². The average molecular weight is 371 g/mol. The molecular formula is C22H26FNO3. The van der Waals surface area contributed by atoms with Gasteiger partial charge in [0, 0.05) is 11.0 Å². The van der Waals surface area contributed by atoms with Crippen molar-refractivity contribution in [3.05, 3.63) is 53.3 Å². The van der Waals surface area contributed by atoms with Gasteiger partial charge in [-0.25, -0.2) is 9.18 Å². The minimum atomic E-state index is -0.845. The highest BCUT2D eigenvalue weighted by Gasteiger charge is 2.42. The first-order chi connectivity index (χ1) is 12.8. The second kappa shape index (κ2) is 7.59. The molecule has 0 heterocycles. The van der Waals surface area contributed by atoms with Crippen LogP contribution in [-0.4, -0.2) is 12.7 Å². The Bertz CT molecular complexity index is 847. The lowest BCUT2D eigenvalue weighted by Gasteiger charge is -2.26. The first-order valence-electron chi connectivity index (χ1n) is 9.33. The number of primary amides is 1. The predicted octanol–water partition coefficient (Wildman–Crippen LogP) is 5.39. The van der Waals surface area contributed by atoms with Crippen LogP contribution >= 0.6 is 0 Å². The summed E-state index contributed by atoms with van der Waals surface area (Å²) in [5, 5.41) is 0. The van der Waals surface area contributed by atoms with E-state index in [1.807, 2.05) is 44.2 Å². The monoisotopic (exact) mass is 371 g/mol. The molecule has 1 aliphatic carbocycles. The molecule has 5 heteroatoms. The first-order valence-corrected chi connectivity index (χ1v) is 9.33. The first kappa shape index (κ1) is 19.2. The van der Waals surface area contributed by atoms with Gasteiger partial charge in [0.15, 0.2) is 0 Å². The predicted molar refractivity (Wildman–Crippen MR) is 103 cm³/mol. The maximum atomic E-state index is 14.9. The summed E-state index contributed by atoms with van der Waals surface area (Å²) in [6.07, 6.45) is 1.33. The molecular weight excluding hydrogens is 345 g/mol. The van der Waals surface area contributed by atoms with Gasteiger partial charge in [0.05, 0.1) is 6.61 Å². The van der Waals surface area contributed by atoms with Crippen LogP contribution in [0.5, 0.6) is 5.75 Å². The minimum absolute atomic E-state index is 0.340. The summed E-state index contributed by atoms with van der Waals surface area (Å²) in [5.41, 5.74) is 7.81. The third kappa shape index (κ3) is 4.07. The molecule has 144 valence electrons. The smallest absolute Gasteiger partial charge is 0.405 e. The molecule has 1 amide bonds. The second-order valence-corrected chi connectivity index (χ2v) is 7.74. The van der Waals surface area contributed by atoms with Crippen molar-refractivity contribution in [2.45, 2.75) is 46.1 Å². The number of fused-ring (bicyclic) bond motifs is 1. The van der Waals surface area contributed by atoms with Gasteiger partial charge in [0.25, 0.3) is 0 Å². The molecule has 1 aliphatic rings. The fourth-order valence-corrected chi connectivity index (χ4v) is 3.68. The SMILES string of the molecule is CCCCOc1cccc(-c2cc3c(cc2F)[C@H](OC(N)=O)C(C)(C)C3)c1. The number of halogens is 1. The second-order valence-electron chi connectivity index (χ2n) is 7.74. The normalized spacial score (nSPS) is 17.4. The number of nitrogens with two attached hydrogens (primary N) is 1. The zero-order valence-electron chi connectivity index (χ0n) is 16.0. The van der Waals surface area contributed by atoms with Crippen molar-refractivity contribution in [1.82, 2.24) is 0 Å². The van der Waals surface area contributed by atoms with Gasteiger partial charge >= 0.3 is 6.09 Å². The van der Waals surface area contributed by atoms with Crippen molar-refractivity contribution in [2.24, 2.45) is 11.1 Å². The summed E-state index contributed by atoms with van der Waals surface area (Å²) < 4.78 is 25.9. The molecule has 2 aromatic rings. The minimum Gasteiger partial charge on any atom is -0.494 e. The molecule has 0 unspecified atom stereocenters. The quantitative estimate of drug-likeness (QED) is 0.693. The van der Waals surface area contributed by atoms with Gasteiger partial charge in [-0.2, -0.15) is 0 Å². The Hall–Kier alpha value is -2.56. The fourth-order valence-electron chi connectivity index (χ4n) is 3.68. The highest BCUT2D eigenvalue weighted by atomic mass is 19.1. The van der Waals surface area contributed by atoms with E-state index < -0.39 is 12.2 Å². The zero-order valence-corrected chi connectivity index (χ0v) is 16.0. The lowest BCUT2D eigenvalue weighted by molar-refractivity contribution is 0.0391. The number of carbonyl (C=O) groups is 1. The molecule has 27 heavy (non-hydrogen) atoms. The van der Waals surface area contributed by atoms with Crippen molar-refractivity contribution >= 4 is 6.09 Å². The summed E-state index contributed by atoms with van der Waals surface area (Å²) in [7, 11) is 0. The average Bonchev–Trinajstić information content (AvgIpc) is 2.84. The molecule has 3 rings (SSSR count). The van der Waals surface area contributed by atoms with E-state index in [-0.39, 0.29) is 11.2 Å². The van der Waals surface area contributed by atoms with Crippen LogP contribution in [-0.2, 0) is 11.2 Å². The van der Waals surface area contributed by atoms with Crippen LogP contribution in [0, 0.1) is 11.2 Å². The number of benzene rings is 2. The van der Waals surface area contributed by atoms with Crippen LogP contribution in [0.2, 0.25) is 0 Å².